The second kappa shape index (κ2) is 5.70. The highest BCUT2D eigenvalue weighted by Crippen LogP contribution is 2.37. The zero-order valence-corrected chi connectivity index (χ0v) is 13.3. The molecule has 0 atom stereocenters. The minimum Gasteiger partial charge on any atom is -0.258 e. The zero-order valence-electron chi connectivity index (χ0n) is 12.5. The molecule has 0 spiro atoms. The van der Waals surface area contributed by atoms with E-state index in [4.69, 9.17) is 5.26 Å². The van der Waals surface area contributed by atoms with E-state index in [0.29, 0.717) is 24.0 Å². The van der Waals surface area contributed by atoms with Crippen LogP contribution in [0.3, 0.4) is 0 Å². The molecule has 0 heterocycles. The molecule has 0 bridgehead atoms. The molecule has 2 aromatic rings. The summed E-state index contributed by atoms with van der Waals surface area (Å²) in [6.45, 7) is 0. The van der Waals surface area contributed by atoms with Crippen molar-refractivity contribution in [2.75, 3.05) is 0 Å². The minimum atomic E-state index is -4.00. The molecule has 1 aliphatic rings. The fraction of sp³-hybridized carbons (Fsp3) is 0.188. The fourth-order valence-electron chi connectivity index (χ4n) is 2.37. The summed E-state index contributed by atoms with van der Waals surface area (Å²) in [4.78, 5) is 10.5. The molecule has 0 aliphatic heterocycles. The SMILES string of the molecule is N#CC1(NS(=O)(=O)c2ccc(-c3ccccc3)c([N+](=O)[O-])c2)CC1. The molecule has 24 heavy (non-hydrogen) atoms. The third-order valence-electron chi connectivity index (χ3n) is 3.85. The van der Waals surface area contributed by atoms with E-state index in [1.54, 1.807) is 30.3 Å². The van der Waals surface area contributed by atoms with E-state index in [9.17, 15) is 18.5 Å². The predicted molar refractivity (Wildman–Crippen MR) is 86.4 cm³/mol. The van der Waals surface area contributed by atoms with Crippen molar-refractivity contribution in [3.8, 4) is 17.2 Å². The van der Waals surface area contributed by atoms with Crippen LogP contribution in [-0.2, 0) is 10.0 Å². The summed E-state index contributed by atoms with van der Waals surface area (Å²) in [5.41, 5.74) is -0.422. The van der Waals surface area contributed by atoms with Crippen LogP contribution in [0.1, 0.15) is 12.8 Å². The van der Waals surface area contributed by atoms with Crippen LogP contribution in [0.2, 0.25) is 0 Å². The van der Waals surface area contributed by atoms with Crippen LogP contribution in [-0.4, -0.2) is 18.9 Å². The van der Waals surface area contributed by atoms with Gasteiger partial charge in [-0.05, 0) is 30.5 Å². The van der Waals surface area contributed by atoms with Gasteiger partial charge in [-0.15, -0.1) is 0 Å². The Labute approximate surface area is 138 Å². The van der Waals surface area contributed by atoms with Gasteiger partial charge in [0.05, 0.1) is 21.5 Å². The summed E-state index contributed by atoms with van der Waals surface area (Å²) in [6.07, 6.45) is 0.875. The summed E-state index contributed by atoms with van der Waals surface area (Å²) in [6, 6.07) is 14.4. The number of nitro groups is 1. The Morgan fingerprint density at radius 2 is 1.83 bits per heavy atom. The van der Waals surface area contributed by atoms with E-state index in [1.807, 2.05) is 6.07 Å². The van der Waals surface area contributed by atoms with Crippen molar-refractivity contribution >= 4 is 15.7 Å². The number of nitrogens with zero attached hydrogens (tertiary/aromatic N) is 2. The van der Waals surface area contributed by atoms with Crippen molar-refractivity contribution in [1.82, 2.24) is 4.72 Å². The summed E-state index contributed by atoms with van der Waals surface area (Å²) in [5.74, 6) is 0. The lowest BCUT2D eigenvalue weighted by Crippen LogP contribution is -2.35. The van der Waals surface area contributed by atoms with E-state index in [0.717, 1.165) is 6.07 Å². The maximum Gasteiger partial charge on any atom is 0.278 e. The fourth-order valence-corrected chi connectivity index (χ4v) is 3.77. The monoisotopic (exact) mass is 343 g/mol. The van der Waals surface area contributed by atoms with Gasteiger partial charge in [-0.25, -0.2) is 8.42 Å². The number of hydrogen-bond donors (Lipinski definition) is 1. The smallest absolute Gasteiger partial charge is 0.258 e. The summed E-state index contributed by atoms with van der Waals surface area (Å²) in [5, 5.41) is 20.4. The summed E-state index contributed by atoms with van der Waals surface area (Å²) >= 11 is 0. The Balaban J connectivity index is 2.04. The quantitative estimate of drug-likeness (QED) is 0.662. The van der Waals surface area contributed by atoms with Gasteiger partial charge in [-0.2, -0.15) is 9.98 Å². The molecule has 0 unspecified atom stereocenters. The minimum absolute atomic E-state index is 0.226. The van der Waals surface area contributed by atoms with Crippen LogP contribution in [0, 0.1) is 21.4 Å². The van der Waals surface area contributed by atoms with E-state index in [-0.39, 0.29) is 10.6 Å². The van der Waals surface area contributed by atoms with Crippen LogP contribution in [0.15, 0.2) is 53.4 Å². The molecular weight excluding hydrogens is 330 g/mol. The maximum absolute atomic E-state index is 12.4. The first-order chi connectivity index (χ1) is 11.4. The van der Waals surface area contributed by atoms with Crippen LogP contribution >= 0.6 is 0 Å². The lowest BCUT2D eigenvalue weighted by Gasteiger charge is -2.11. The molecule has 0 aromatic heterocycles. The summed E-state index contributed by atoms with van der Waals surface area (Å²) < 4.78 is 27.1. The Morgan fingerprint density at radius 1 is 1.17 bits per heavy atom. The lowest BCUT2D eigenvalue weighted by molar-refractivity contribution is -0.384. The Kier molecular flexibility index (Phi) is 3.83. The van der Waals surface area contributed by atoms with Crippen molar-refractivity contribution in [3.63, 3.8) is 0 Å². The zero-order chi connectivity index (χ0) is 17.4. The number of nitriles is 1. The van der Waals surface area contributed by atoms with Crippen LogP contribution in [0.25, 0.3) is 11.1 Å². The molecule has 0 amide bonds. The Hall–Kier alpha value is -2.76. The first kappa shape index (κ1) is 16.1. The Morgan fingerprint density at radius 3 is 2.38 bits per heavy atom. The highest BCUT2D eigenvalue weighted by atomic mass is 32.2. The molecule has 1 aliphatic carbocycles. The molecule has 3 rings (SSSR count). The molecular formula is C16H13N3O4S. The Bertz CT molecular complexity index is 945. The van der Waals surface area contributed by atoms with Gasteiger partial charge in [0, 0.05) is 6.07 Å². The highest BCUT2D eigenvalue weighted by molar-refractivity contribution is 7.89. The van der Waals surface area contributed by atoms with E-state index < -0.39 is 20.5 Å². The van der Waals surface area contributed by atoms with Crippen molar-refractivity contribution in [2.24, 2.45) is 0 Å². The average molecular weight is 343 g/mol. The normalized spacial score (nSPS) is 15.5. The van der Waals surface area contributed by atoms with Crippen LogP contribution in [0.5, 0.6) is 0 Å². The van der Waals surface area contributed by atoms with Crippen molar-refractivity contribution in [2.45, 2.75) is 23.3 Å². The van der Waals surface area contributed by atoms with Crippen molar-refractivity contribution < 1.29 is 13.3 Å². The van der Waals surface area contributed by atoms with Gasteiger partial charge < -0.3 is 0 Å². The van der Waals surface area contributed by atoms with Gasteiger partial charge in [-0.3, -0.25) is 10.1 Å². The topological polar surface area (TPSA) is 113 Å². The van der Waals surface area contributed by atoms with Gasteiger partial charge in [0.25, 0.3) is 5.69 Å². The highest BCUT2D eigenvalue weighted by Gasteiger charge is 2.47. The largest absolute Gasteiger partial charge is 0.278 e. The number of nitrogens with one attached hydrogen (secondary N) is 1. The van der Waals surface area contributed by atoms with E-state index in [2.05, 4.69) is 4.72 Å². The number of rotatable bonds is 5. The standard InChI is InChI=1S/C16H13N3O4S/c17-11-16(8-9-16)18-24(22,23)13-6-7-14(15(10-13)19(20)21)12-4-2-1-3-5-12/h1-7,10,18H,8-9H2. The molecule has 1 N–H and O–H groups in total. The van der Waals surface area contributed by atoms with Crippen molar-refractivity contribution in [1.29, 1.82) is 5.26 Å². The number of hydrogen-bond acceptors (Lipinski definition) is 5. The predicted octanol–water partition coefficient (Wildman–Crippen LogP) is 2.60. The number of nitro benzene ring substituents is 1. The van der Waals surface area contributed by atoms with Crippen molar-refractivity contribution in [3.05, 3.63) is 58.6 Å². The van der Waals surface area contributed by atoms with Gasteiger partial charge in [-0.1, -0.05) is 30.3 Å². The van der Waals surface area contributed by atoms with Gasteiger partial charge >= 0.3 is 0 Å². The van der Waals surface area contributed by atoms with E-state index in [1.165, 1.54) is 12.1 Å². The van der Waals surface area contributed by atoms with Crippen LogP contribution in [0.4, 0.5) is 5.69 Å². The first-order valence-corrected chi connectivity index (χ1v) is 8.64. The first-order valence-electron chi connectivity index (χ1n) is 7.16. The second-order valence-corrected chi connectivity index (χ2v) is 7.28. The molecule has 2 aromatic carbocycles. The van der Waals surface area contributed by atoms with Gasteiger partial charge in [0.2, 0.25) is 10.0 Å². The third kappa shape index (κ3) is 2.99. The molecule has 0 radical (unpaired) electrons. The molecule has 122 valence electrons. The summed E-state index contributed by atoms with van der Waals surface area (Å²) in [7, 11) is -4.00. The third-order valence-corrected chi connectivity index (χ3v) is 5.39. The molecule has 8 heteroatoms. The number of benzene rings is 2. The van der Waals surface area contributed by atoms with Crippen LogP contribution < -0.4 is 4.72 Å². The number of sulfonamides is 1. The lowest BCUT2D eigenvalue weighted by atomic mass is 10.0. The molecule has 1 fully saturated rings. The van der Waals surface area contributed by atoms with E-state index >= 15 is 0 Å². The molecule has 1 saturated carbocycles. The van der Waals surface area contributed by atoms with Gasteiger partial charge in [0.1, 0.15) is 5.54 Å². The molecule has 7 nitrogen and oxygen atoms in total. The second-order valence-electron chi connectivity index (χ2n) is 5.60. The molecule has 0 saturated heterocycles. The van der Waals surface area contributed by atoms with Gasteiger partial charge in [0.15, 0.2) is 0 Å². The maximum atomic E-state index is 12.4. The average Bonchev–Trinajstić information content (AvgIpc) is 3.34.